The molecule has 7 nitrogen and oxygen atoms in total. The third kappa shape index (κ3) is 5.52. The fraction of sp³-hybridized carbons (Fsp3) is 0.357. The van der Waals surface area contributed by atoms with E-state index in [0.29, 0.717) is 6.54 Å². The van der Waals surface area contributed by atoms with E-state index in [1.165, 1.54) is 11.9 Å². The number of carbonyl (C=O) groups excluding carboxylic acids is 2. The third-order valence-electron chi connectivity index (χ3n) is 3.05. The number of nitrogens with one attached hydrogen (secondary N) is 2. The maximum atomic E-state index is 12.0. The Morgan fingerprint density at radius 1 is 1.19 bits per heavy atom. The smallest absolute Gasteiger partial charge is 0.405 e. The highest BCUT2D eigenvalue weighted by Gasteiger charge is 2.22. The van der Waals surface area contributed by atoms with Crippen LogP contribution in [0.2, 0.25) is 0 Å². The van der Waals surface area contributed by atoms with Gasteiger partial charge in [0, 0.05) is 13.6 Å². The van der Waals surface area contributed by atoms with E-state index in [-0.39, 0.29) is 12.5 Å². The number of carbonyl (C=O) groups is 3. The quantitative estimate of drug-likeness (QED) is 0.707. The lowest BCUT2D eigenvalue weighted by Gasteiger charge is -2.24. The predicted octanol–water partition coefficient (Wildman–Crippen LogP) is 0.417. The van der Waals surface area contributed by atoms with Gasteiger partial charge in [-0.05, 0) is 12.5 Å². The van der Waals surface area contributed by atoms with Gasteiger partial charge in [0.1, 0.15) is 12.6 Å². The van der Waals surface area contributed by atoms with Gasteiger partial charge in [-0.25, -0.2) is 4.79 Å². The zero-order valence-corrected chi connectivity index (χ0v) is 12.0. The Balaban J connectivity index is 2.45. The first-order valence-electron chi connectivity index (χ1n) is 6.46. The van der Waals surface area contributed by atoms with Crippen molar-refractivity contribution in [2.45, 2.75) is 19.5 Å². The van der Waals surface area contributed by atoms with Crippen molar-refractivity contribution in [3.05, 3.63) is 35.9 Å². The fourth-order valence-electron chi connectivity index (χ4n) is 1.60. The lowest BCUT2D eigenvalue weighted by Crippen LogP contribution is -2.48. The van der Waals surface area contributed by atoms with Crippen LogP contribution in [0.3, 0.4) is 0 Å². The lowest BCUT2D eigenvalue weighted by molar-refractivity contribution is -0.137. The van der Waals surface area contributed by atoms with Crippen molar-refractivity contribution < 1.29 is 19.5 Å². The number of likely N-dealkylation sites (N-methyl/N-ethyl adjacent to an activating group) is 1. The van der Waals surface area contributed by atoms with Crippen molar-refractivity contribution in [2.75, 3.05) is 13.6 Å². The summed E-state index contributed by atoms with van der Waals surface area (Å²) in [5.41, 5.74) is 0.958. The van der Waals surface area contributed by atoms with E-state index in [2.05, 4.69) is 5.32 Å². The average Bonchev–Trinajstić information content (AvgIpc) is 2.49. The van der Waals surface area contributed by atoms with Crippen LogP contribution in [0.1, 0.15) is 12.5 Å². The van der Waals surface area contributed by atoms with Crippen molar-refractivity contribution in [3.8, 4) is 0 Å². The number of amides is 3. The van der Waals surface area contributed by atoms with Crippen molar-refractivity contribution in [1.82, 2.24) is 15.5 Å². The molecule has 0 spiro atoms. The molecule has 1 atom stereocenters. The molecule has 21 heavy (non-hydrogen) atoms. The second-order valence-electron chi connectivity index (χ2n) is 4.54. The molecule has 0 saturated carbocycles. The molecule has 3 amide bonds. The van der Waals surface area contributed by atoms with E-state index >= 15 is 0 Å². The normalized spacial score (nSPS) is 11.3. The van der Waals surface area contributed by atoms with Gasteiger partial charge < -0.3 is 20.6 Å². The van der Waals surface area contributed by atoms with Crippen LogP contribution in [0, 0.1) is 0 Å². The van der Waals surface area contributed by atoms with Crippen molar-refractivity contribution in [3.63, 3.8) is 0 Å². The molecule has 0 radical (unpaired) electrons. The number of hydrogen-bond acceptors (Lipinski definition) is 3. The number of hydrogen-bond donors (Lipinski definition) is 3. The molecule has 0 fully saturated rings. The summed E-state index contributed by atoms with van der Waals surface area (Å²) in [6.45, 7) is 1.60. The molecule has 0 aromatic heterocycles. The summed E-state index contributed by atoms with van der Waals surface area (Å²) in [5.74, 6) is -0.773. The number of carboxylic acid groups (broad SMARTS) is 1. The minimum atomic E-state index is -1.28. The molecule has 0 aliphatic rings. The molecule has 0 saturated heterocycles. The molecule has 0 aliphatic heterocycles. The van der Waals surface area contributed by atoms with Crippen molar-refractivity contribution in [2.24, 2.45) is 0 Å². The molecular formula is C14H19N3O4. The van der Waals surface area contributed by atoms with Crippen LogP contribution in [-0.4, -0.2) is 47.5 Å². The molecule has 1 aromatic carbocycles. The van der Waals surface area contributed by atoms with Gasteiger partial charge in [-0.3, -0.25) is 9.59 Å². The Hall–Kier alpha value is -2.57. The van der Waals surface area contributed by atoms with Gasteiger partial charge in [0.25, 0.3) is 0 Å². The van der Waals surface area contributed by atoms with Gasteiger partial charge in [-0.15, -0.1) is 0 Å². The molecular weight excluding hydrogens is 274 g/mol. The zero-order valence-electron chi connectivity index (χ0n) is 12.0. The van der Waals surface area contributed by atoms with Crippen LogP contribution >= 0.6 is 0 Å². The Labute approximate surface area is 122 Å². The van der Waals surface area contributed by atoms with E-state index in [1.54, 1.807) is 6.92 Å². The molecule has 1 aromatic rings. The average molecular weight is 293 g/mol. The van der Waals surface area contributed by atoms with Gasteiger partial charge >= 0.3 is 6.09 Å². The van der Waals surface area contributed by atoms with Crippen LogP contribution in [0.4, 0.5) is 4.79 Å². The zero-order chi connectivity index (χ0) is 15.8. The van der Waals surface area contributed by atoms with Crippen LogP contribution in [0.5, 0.6) is 0 Å². The minimum Gasteiger partial charge on any atom is -0.465 e. The second-order valence-corrected chi connectivity index (χ2v) is 4.54. The minimum absolute atomic E-state index is 0.301. The van der Waals surface area contributed by atoms with Gasteiger partial charge in [0.15, 0.2) is 0 Å². The third-order valence-corrected chi connectivity index (χ3v) is 3.05. The summed E-state index contributed by atoms with van der Waals surface area (Å²) in [4.78, 5) is 35.2. The molecule has 3 N–H and O–H groups in total. The Morgan fingerprint density at radius 3 is 2.38 bits per heavy atom. The molecule has 0 heterocycles. The topological polar surface area (TPSA) is 98.7 Å². The van der Waals surface area contributed by atoms with Gasteiger partial charge in [0.05, 0.1) is 0 Å². The highest BCUT2D eigenvalue weighted by atomic mass is 16.4. The van der Waals surface area contributed by atoms with E-state index in [9.17, 15) is 14.4 Å². The molecule has 1 rings (SSSR count). The summed E-state index contributed by atoms with van der Waals surface area (Å²) < 4.78 is 0. The molecule has 0 bridgehead atoms. The SMILES string of the molecule is C[C@@H](C(=O)NCc1ccccc1)N(C)C(=O)CNC(=O)O. The number of benzene rings is 1. The van der Waals surface area contributed by atoms with Crippen molar-refractivity contribution in [1.29, 1.82) is 0 Å². The number of rotatable bonds is 6. The van der Waals surface area contributed by atoms with Gasteiger partial charge in [-0.2, -0.15) is 0 Å². The predicted molar refractivity (Wildman–Crippen MR) is 76.5 cm³/mol. The van der Waals surface area contributed by atoms with E-state index in [4.69, 9.17) is 5.11 Å². The summed E-state index contributed by atoms with van der Waals surface area (Å²) in [6.07, 6.45) is -1.28. The monoisotopic (exact) mass is 293 g/mol. The summed E-state index contributed by atoms with van der Waals surface area (Å²) in [6, 6.07) is 8.72. The first-order chi connectivity index (χ1) is 9.91. The molecule has 0 unspecified atom stereocenters. The molecule has 7 heteroatoms. The summed E-state index contributed by atoms with van der Waals surface area (Å²) >= 11 is 0. The summed E-state index contributed by atoms with van der Waals surface area (Å²) in [5, 5.41) is 13.1. The number of nitrogens with zero attached hydrogens (tertiary/aromatic N) is 1. The van der Waals surface area contributed by atoms with E-state index in [0.717, 1.165) is 5.56 Å². The van der Waals surface area contributed by atoms with Crippen LogP contribution < -0.4 is 10.6 Å². The van der Waals surface area contributed by atoms with Crippen LogP contribution in [-0.2, 0) is 16.1 Å². The highest BCUT2D eigenvalue weighted by molar-refractivity contribution is 5.88. The Bertz CT molecular complexity index is 504. The summed E-state index contributed by atoms with van der Waals surface area (Å²) in [7, 11) is 1.46. The van der Waals surface area contributed by atoms with E-state index < -0.39 is 18.0 Å². The molecule has 0 aliphatic carbocycles. The first-order valence-corrected chi connectivity index (χ1v) is 6.46. The molecule has 114 valence electrons. The maximum Gasteiger partial charge on any atom is 0.405 e. The van der Waals surface area contributed by atoms with Crippen LogP contribution in [0.15, 0.2) is 30.3 Å². The fourth-order valence-corrected chi connectivity index (χ4v) is 1.60. The lowest BCUT2D eigenvalue weighted by atomic mass is 10.2. The van der Waals surface area contributed by atoms with Crippen molar-refractivity contribution >= 4 is 17.9 Å². The highest BCUT2D eigenvalue weighted by Crippen LogP contribution is 2.00. The second kappa shape index (κ2) is 7.88. The Kier molecular flexibility index (Phi) is 6.19. The first kappa shape index (κ1) is 16.5. The standard InChI is InChI=1S/C14H19N3O4/c1-10(17(2)12(18)9-16-14(20)21)13(19)15-8-11-6-4-3-5-7-11/h3-7,10,16H,8-9H2,1-2H3,(H,15,19)(H,20,21)/t10-/m0/s1. The van der Waals surface area contributed by atoms with Gasteiger partial charge in [-0.1, -0.05) is 30.3 Å². The largest absolute Gasteiger partial charge is 0.465 e. The van der Waals surface area contributed by atoms with Crippen LogP contribution in [0.25, 0.3) is 0 Å². The maximum absolute atomic E-state index is 12.0. The van der Waals surface area contributed by atoms with E-state index in [1.807, 2.05) is 35.6 Å². The Morgan fingerprint density at radius 2 is 1.81 bits per heavy atom. The van der Waals surface area contributed by atoms with Gasteiger partial charge in [0.2, 0.25) is 11.8 Å².